The van der Waals surface area contributed by atoms with Gasteiger partial charge in [0.05, 0.1) is 0 Å². The predicted molar refractivity (Wildman–Crippen MR) is 41.8 cm³/mol. The Morgan fingerprint density at radius 3 is 2.27 bits per heavy atom. The minimum Gasteiger partial charge on any atom is -0.394 e. The van der Waals surface area contributed by atoms with Crippen LogP contribution in [0, 0.1) is 37.3 Å². The van der Waals surface area contributed by atoms with Gasteiger partial charge in [0.15, 0.2) is 0 Å². The third kappa shape index (κ3) is 3.40. The van der Waals surface area contributed by atoms with Crippen molar-refractivity contribution in [3.63, 3.8) is 0 Å². The number of nitrogens with zero attached hydrogens (tertiary/aromatic N) is 1. The van der Waals surface area contributed by atoms with Crippen LogP contribution in [0.4, 0.5) is 0 Å². The van der Waals surface area contributed by atoms with Gasteiger partial charge in [-0.05, 0) is 5.41 Å². The molecular weight excluding hydrogens is 360 g/mol. The molecular formula is C9H12NU-. The molecule has 0 atom stereocenters. The third-order valence-corrected chi connectivity index (χ3v) is 1.48. The summed E-state index contributed by atoms with van der Waals surface area (Å²) in [6.45, 7) is 6.51. The molecule has 0 aliphatic heterocycles. The van der Waals surface area contributed by atoms with Crippen molar-refractivity contribution in [3.05, 3.63) is 30.1 Å². The summed E-state index contributed by atoms with van der Waals surface area (Å²) < 4.78 is 0. The van der Waals surface area contributed by atoms with Gasteiger partial charge in [0.2, 0.25) is 0 Å². The van der Waals surface area contributed by atoms with Crippen molar-refractivity contribution in [1.29, 1.82) is 0 Å². The van der Waals surface area contributed by atoms with Gasteiger partial charge in [0.25, 0.3) is 0 Å². The first-order valence-corrected chi connectivity index (χ1v) is 3.43. The second-order valence-corrected chi connectivity index (χ2v) is 3.43. The van der Waals surface area contributed by atoms with Crippen LogP contribution in [-0.4, -0.2) is 4.98 Å². The van der Waals surface area contributed by atoms with E-state index in [1.807, 2.05) is 18.3 Å². The first kappa shape index (κ1) is 11.2. The van der Waals surface area contributed by atoms with Crippen molar-refractivity contribution >= 4 is 0 Å². The largest absolute Gasteiger partial charge is 0.394 e. The van der Waals surface area contributed by atoms with E-state index >= 15 is 0 Å². The van der Waals surface area contributed by atoms with E-state index < -0.39 is 0 Å². The number of aromatic nitrogens is 1. The topological polar surface area (TPSA) is 12.9 Å². The van der Waals surface area contributed by atoms with E-state index in [-0.39, 0.29) is 36.5 Å². The van der Waals surface area contributed by atoms with Crippen LogP contribution < -0.4 is 0 Å². The van der Waals surface area contributed by atoms with E-state index in [1.54, 1.807) is 0 Å². The minimum atomic E-state index is 0. The van der Waals surface area contributed by atoms with E-state index in [0.29, 0.717) is 0 Å². The van der Waals surface area contributed by atoms with Gasteiger partial charge in [-0.25, -0.2) is 0 Å². The van der Waals surface area contributed by atoms with Crippen molar-refractivity contribution in [2.45, 2.75) is 26.2 Å². The number of rotatable bonds is 0. The fourth-order valence-corrected chi connectivity index (χ4v) is 0.764. The summed E-state index contributed by atoms with van der Waals surface area (Å²) in [5.74, 6) is 0. The second kappa shape index (κ2) is 4.28. The van der Waals surface area contributed by atoms with Crippen molar-refractivity contribution in [2.24, 2.45) is 0 Å². The molecule has 0 bridgehead atoms. The molecule has 0 aliphatic carbocycles. The Morgan fingerprint density at radius 2 is 2.00 bits per heavy atom. The van der Waals surface area contributed by atoms with E-state index in [4.69, 9.17) is 0 Å². The maximum absolute atomic E-state index is 3.93. The van der Waals surface area contributed by atoms with E-state index in [9.17, 15) is 0 Å². The average Bonchev–Trinajstić information content (AvgIpc) is 1.88. The molecule has 0 aliphatic rings. The van der Waals surface area contributed by atoms with Crippen molar-refractivity contribution in [1.82, 2.24) is 4.98 Å². The van der Waals surface area contributed by atoms with Crippen LogP contribution in [0.2, 0.25) is 0 Å². The van der Waals surface area contributed by atoms with Crippen molar-refractivity contribution < 1.29 is 31.1 Å². The molecule has 1 rings (SSSR count). The summed E-state index contributed by atoms with van der Waals surface area (Å²) in [6, 6.07) is 3.90. The van der Waals surface area contributed by atoms with Crippen LogP contribution in [0.3, 0.4) is 0 Å². The average molecular weight is 372 g/mol. The van der Waals surface area contributed by atoms with E-state index in [2.05, 4.69) is 32.0 Å². The van der Waals surface area contributed by atoms with Gasteiger partial charge in [-0.15, -0.1) is 5.56 Å². The molecule has 0 aromatic carbocycles. The number of hydrogen-bond donors (Lipinski definition) is 0. The SMILES string of the molecule is CC(C)(C)c1cc[c-]nc1.[U]. The monoisotopic (exact) mass is 372 g/mol. The van der Waals surface area contributed by atoms with Gasteiger partial charge in [-0.3, -0.25) is 0 Å². The first-order valence-electron chi connectivity index (χ1n) is 3.43. The van der Waals surface area contributed by atoms with Crippen molar-refractivity contribution in [3.8, 4) is 0 Å². The minimum absolute atomic E-state index is 0. The summed E-state index contributed by atoms with van der Waals surface area (Å²) in [5, 5.41) is 0. The maximum atomic E-state index is 3.93. The van der Waals surface area contributed by atoms with Gasteiger partial charge in [-0.1, -0.05) is 33.2 Å². The zero-order valence-corrected chi connectivity index (χ0v) is 11.3. The van der Waals surface area contributed by atoms with Crippen LogP contribution in [0.5, 0.6) is 0 Å². The Kier molecular flexibility index (Phi) is 4.36. The van der Waals surface area contributed by atoms with Crippen LogP contribution in [0.15, 0.2) is 18.3 Å². The maximum Gasteiger partial charge on any atom is 0 e. The molecule has 0 radical (unpaired) electrons. The van der Waals surface area contributed by atoms with Crippen molar-refractivity contribution in [2.75, 3.05) is 0 Å². The van der Waals surface area contributed by atoms with E-state index in [0.717, 1.165) is 0 Å². The molecule has 1 nitrogen and oxygen atoms in total. The summed E-state index contributed by atoms with van der Waals surface area (Å²) in [7, 11) is 0. The molecule has 0 unspecified atom stereocenters. The molecule has 1 aromatic heterocycles. The second-order valence-electron chi connectivity index (χ2n) is 3.43. The smallest absolute Gasteiger partial charge is 0 e. The predicted octanol–water partition coefficient (Wildman–Crippen LogP) is 2.18. The molecule has 1 aromatic rings. The molecule has 0 saturated carbocycles. The Labute approximate surface area is 92.0 Å². The Balaban J connectivity index is 0.000001000. The summed E-state index contributed by atoms with van der Waals surface area (Å²) >= 11 is 0. The Morgan fingerprint density at radius 1 is 1.36 bits per heavy atom. The molecule has 2 heteroatoms. The molecule has 0 amide bonds. The zero-order chi connectivity index (χ0) is 7.61. The van der Waals surface area contributed by atoms with Crippen LogP contribution in [0.1, 0.15) is 26.3 Å². The van der Waals surface area contributed by atoms with E-state index in [1.165, 1.54) is 5.56 Å². The molecule has 11 heavy (non-hydrogen) atoms. The third-order valence-electron chi connectivity index (χ3n) is 1.48. The summed E-state index contributed by atoms with van der Waals surface area (Å²) in [5.41, 5.74) is 1.47. The number of hydrogen-bond acceptors (Lipinski definition) is 1. The Bertz CT molecular complexity index is 201. The summed E-state index contributed by atoms with van der Waals surface area (Å²) in [4.78, 5) is 3.93. The molecule has 0 saturated heterocycles. The van der Waals surface area contributed by atoms with Crippen LogP contribution >= 0.6 is 0 Å². The fourth-order valence-electron chi connectivity index (χ4n) is 0.764. The van der Waals surface area contributed by atoms with Crippen LogP contribution in [-0.2, 0) is 5.41 Å². The van der Waals surface area contributed by atoms with Gasteiger partial charge < -0.3 is 4.98 Å². The van der Waals surface area contributed by atoms with Gasteiger partial charge in [0.1, 0.15) is 0 Å². The first-order chi connectivity index (χ1) is 4.61. The quantitative estimate of drug-likeness (QED) is 0.637. The normalized spacial score (nSPS) is 10.5. The molecule has 1 heterocycles. The Hall–Kier alpha value is 0.202. The summed E-state index contributed by atoms with van der Waals surface area (Å²) in [6.07, 6.45) is 4.62. The van der Waals surface area contributed by atoms with Crippen LogP contribution in [0.25, 0.3) is 0 Å². The molecule has 0 N–H and O–H groups in total. The number of pyridine rings is 1. The van der Waals surface area contributed by atoms with Gasteiger partial charge in [-0.2, -0.15) is 12.1 Å². The standard InChI is InChI=1S/C9H12N.U/c1-9(2,3)8-5-4-6-10-7-8;/h4-5,7H,1-3H3;/q-1;. The fraction of sp³-hybridized carbons (Fsp3) is 0.444. The van der Waals surface area contributed by atoms with Gasteiger partial charge in [0, 0.05) is 31.1 Å². The van der Waals surface area contributed by atoms with Gasteiger partial charge >= 0.3 is 0 Å². The zero-order valence-electron chi connectivity index (χ0n) is 7.18. The molecule has 0 spiro atoms. The molecule has 0 fully saturated rings. The molecule has 58 valence electrons.